The summed E-state index contributed by atoms with van der Waals surface area (Å²) in [6.07, 6.45) is 2.37. The third-order valence-electron chi connectivity index (χ3n) is 4.18. The van der Waals surface area contributed by atoms with E-state index in [1.165, 1.54) is 15.4 Å². The summed E-state index contributed by atoms with van der Waals surface area (Å²) in [6, 6.07) is 12.6. The Morgan fingerprint density at radius 3 is 2.44 bits per heavy atom. The maximum absolute atomic E-state index is 11.3. The van der Waals surface area contributed by atoms with E-state index in [0.717, 1.165) is 44.7 Å². The number of ether oxygens (including phenoxy) is 1. The van der Waals surface area contributed by atoms with Crippen LogP contribution in [-0.4, -0.2) is 32.2 Å². The zero-order chi connectivity index (χ0) is 16.8. The molecule has 1 aliphatic rings. The van der Waals surface area contributed by atoms with Gasteiger partial charge in [0.2, 0.25) is 5.91 Å². The topological polar surface area (TPSA) is 67.6 Å². The van der Waals surface area contributed by atoms with E-state index in [2.05, 4.69) is 34.6 Å². The number of rotatable bonds is 6. The Kier molecular flexibility index (Phi) is 7.43. The second-order valence-corrected chi connectivity index (χ2v) is 7.05. The van der Waals surface area contributed by atoms with Crippen LogP contribution in [0.1, 0.15) is 23.4 Å². The molecule has 0 bridgehead atoms. The van der Waals surface area contributed by atoms with Crippen LogP contribution in [0.5, 0.6) is 0 Å². The molecule has 3 N–H and O–H groups in total. The first kappa shape index (κ1) is 19.4. The van der Waals surface area contributed by atoms with E-state index in [9.17, 15) is 4.79 Å². The Morgan fingerprint density at radius 1 is 1.08 bits per heavy atom. The SMILES string of the molecule is C.NNC(=O)Cc1ccc(CCc2ccc(N3CCOCC3)s2)cc1. The molecule has 1 aromatic heterocycles. The second-order valence-electron chi connectivity index (χ2n) is 5.90. The van der Waals surface area contributed by atoms with Crippen LogP contribution in [0.15, 0.2) is 36.4 Å². The average Bonchev–Trinajstić information content (AvgIpc) is 3.11. The molecule has 1 aliphatic heterocycles. The molecule has 0 unspecified atom stereocenters. The number of carbonyl (C=O) groups is 1. The molecule has 2 heterocycles. The van der Waals surface area contributed by atoms with Gasteiger partial charge < -0.3 is 9.64 Å². The summed E-state index contributed by atoms with van der Waals surface area (Å²) in [5.41, 5.74) is 4.42. The van der Waals surface area contributed by atoms with Crippen LogP contribution < -0.4 is 16.2 Å². The van der Waals surface area contributed by atoms with Crippen molar-refractivity contribution in [1.29, 1.82) is 0 Å². The van der Waals surface area contributed by atoms with Gasteiger partial charge in [-0.25, -0.2) is 5.84 Å². The van der Waals surface area contributed by atoms with E-state index >= 15 is 0 Å². The number of nitrogens with two attached hydrogens (primary N) is 1. The van der Waals surface area contributed by atoms with Gasteiger partial charge in [0.05, 0.1) is 24.6 Å². The van der Waals surface area contributed by atoms with Crippen molar-refractivity contribution in [3.05, 3.63) is 52.4 Å². The largest absolute Gasteiger partial charge is 0.378 e. The average molecular weight is 362 g/mol. The highest BCUT2D eigenvalue weighted by atomic mass is 32.1. The van der Waals surface area contributed by atoms with Crippen LogP contribution in [0.2, 0.25) is 0 Å². The van der Waals surface area contributed by atoms with Gasteiger partial charge in [-0.3, -0.25) is 10.2 Å². The molecule has 3 rings (SSSR count). The van der Waals surface area contributed by atoms with Crippen molar-refractivity contribution < 1.29 is 9.53 Å². The Bertz CT molecular complexity index is 664. The highest BCUT2D eigenvalue weighted by molar-refractivity contribution is 7.16. The van der Waals surface area contributed by atoms with Gasteiger partial charge in [-0.1, -0.05) is 31.7 Å². The normalized spacial score (nSPS) is 14.0. The van der Waals surface area contributed by atoms with Gasteiger partial charge >= 0.3 is 0 Å². The molecule has 0 spiro atoms. The molecule has 25 heavy (non-hydrogen) atoms. The zero-order valence-electron chi connectivity index (χ0n) is 13.7. The minimum absolute atomic E-state index is 0. The summed E-state index contributed by atoms with van der Waals surface area (Å²) < 4.78 is 5.41. The third kappa shape index (κ3) is 5.56. The molecule has 0 radical (unpaired) electrons. The number of hydrogen-bond donors (Lipinski definition) is 2. The maximum Gasteiger partial charge on any atom is 0.238 e. The molecule has 6 heteroatoms. The Morgan fingerprint density at radius 2 is 1.76 bits per heavy atom. The van der Waals surface area contributed by atoms with Gasteiger partial charge in [0, 0.05) is 18.0 Å². The number of amides is 1. The Labute approximate surface area is 153 Å². The van der Waals surface area contributed by atoms with Crippen LogP contribution in [0.4, 0.5) is 5.00 Å². The van der Waals surface area contributed by atoms with Gasteiger partial charge in [0.15, 0.2) is 0 Å². The molecule has 1 fully saturated rings. The summed E-state index contributed by atoms with van der Waals surface area (Å²) in [5, 5.41) is 1.34. The molecule has 0 atom stereocenters. The van der Waals surface area contributed by atoms with Crippen LogP contribution in [0.3, 0.4) is 0 Å². The van der Waals surface area contributed by atoms with Crippen LogP contribution in [0.25, 0.3) is 0 Å². The van der Waals surface area contributed by atoms with E-state index in [4.69, 9.17) is 10.6 Å². The van der Waals surface area contributed by atoms with Gasteiger partial charge in [-0.2, -0.15) is 0 Å². The van der Waals surface area contributed by atoms with Crippen molar-refractivity contribution in [2.45, 2.75) is 26.7 Å². The summed E-state index contributed by atoms with van der Waals surface area (Å²) in [6.45, 7) is 3.61. The third-order valence-corrected chi connectivity index (χ3v) is 5.38. The number of benzene rings is 1. The second kappa shape index (κ2) is 9.56. The lowest BCUT2D eigenvalue weighted by Gasteiger charge is -2.27. The predicted molar refractivity (Wildman–Crippen MR) is 104 cm³/mol. The fourth-order valence-corrected chi connectivity index (χ4v) is 3.84. The van der Waals surface area contributed by atoms with Crippen molar-refractivity contribution in [3.63, 3.8) is 0 Å². The minimum atomic E-state index is -0.169. The van der Waals surface area contributed by atoms with Crippen molar-refractivity contribution in [2.24, 2.45) is 5.84 Å². The number of morpholine rings is 1. The van der Waals surface area contributed by atoms with E-state index in [0.29, 0.717) is 6.42 Å². The van der Waals surface area contributed by atoms with E-state index in [1.807, 2.05) is 23.5 Å². The lowest BCUT2D eigenvalue weighted by atomic mass is 10.1. The fourth-order valence-electron chi connectivity index (χ4n) is 2.78. The molecule has 5 nitrogen and oxygen atoms in total. The molecule has 136 valence electrons. The molecule has 2 aromatic rings. The standard InChI is InChI=1S/C18H23N3O2S.CH4/c19-20-17(22)13-15-3-1-14(2-4-15)5-6-16-7-8-18(24-16)21-9-11-23-12-10-21;/h1-4,7-8H,5-6,9-13,19H2,(H,20,22);1H4. The van der Waals surface area contributed by atoms with E-state index < -0.39 is 0 Å². The summed E-state index contributed by atoms with van der Waals surface area (Å²) in [4.78, 5) is 15.1. The molecule has 1 aromatic carbocycles. The van der Waals surface area contributed by atoms with Crippen molar-refractivity contribution in [3.8, 4) is 0 Å². The van der Waals surface area contributed by atoms with Crippen molar-refractivity contribution in [2.75, 3.05) is 31.2 Å². The maximum atomic E-state index is 11.3. The molecule has 1 saturated heterocycles. The molecule has 0 saturated carbocycles. The van der Waals surface area contributed by atoms with E-state index in [-0.39, 0.29) is 13.3 Å². The first-order valence-corrected chi connectivity index (χ1v) is 9.05. The molecule has 1 amide bonds. The predicted octanol–water partition coefficient (Wildman–Crippen LogP) is 2.54. The number of aryl methyl sites for hydroxylation is 2. The number of nitrogens with one attached hydrogen (secondary N) is 1. The Hall–Kier alpha value is -1.89. The fraction of sp³-hybridized carbons (Fsp3) is 0.421. The van der Waals surface area contributed by atoms with E-state index in [1.54, 1.807) is 0 Å². The van der Waals surface area contributed by atoms with Crippen LogP contribution in [0, 0.1) is 0 Å². The molecule has 0 aliphatic carbocycles. The van der Waals surface area contributed by atoms with Gasteiger partial charge in [-0.15, -0.1) is 11.3 Å². The van der Waals surface area contributed by atoms with Crippen molar-refractivity contribution >= 4 is 22.2 Å². The smallest absolute Gasteiger partial charge is 0.238 e. The molecular weight excluding hydrogens is 334 g/mol. The summed E-state index contributed by atoms with van der Waals surface area (Å²) >= 11 is 1.88. The monoisotopic (exact) mass is 361 g/mol. The number of hydrogen-bond acceptors (Lipinski definition) is 5. The summed E-state index contributed by atoms with van der Waals surface area (Å²) in [5.74, 6) is 4.94. The highest BCUT2D eigenvalue weighted by Gasteiger charge is 2.13. The van der Waals surface area contributed by atoms with Gasteiger partial charge in [0.1, 0.15) is 0 Å². The van der Waals surface area contributed by atoms with Gasteiger partial charge in [0.25, 0.3) is 0 Å². The number of carbonyl (C=O) groups excluding carboxylic acids is 1. The first-order valence-electron chi connectivity index (χ1n) is 8.23. The van der Waals surface area contributed by atoms with Crippen LogP contribution >= 0.6 is 11.3 Å². The van der Waals surface area contributed by atoms with Gasteiger partial charge in [-0.05, 0) is 36.1 Å². The lowest BCUT2D eigenvalue weighted by Crippen LogP contribution is -2.35. The summed E-state index contributed by atoms with van der Waals surface area (Å²) in [7, 11) is 0. The number of thiophene rings is 1. The number of nitrogens with zero attached hydrogens (tertiary/aromatic N) is 1. The minimum Gasteiger partial charge on any atom is -0.378 e. The lowest BCUT2D eigenvalue weighted by molar-refractivity contribution is -0.120. The zero-order valence-corrected chi connectivity index (χ0v) is 14.5. The number of hydrazine groups is 1. The van der Waals surface area contributed by atoms with Crippen LogP contribution in [-0.2, 0) is 28.8 Å². The highest BCUT2D eigenvalue weighted by Crippen LogP contribution is 2.27. The Balaban J connectivity index is 0.00000225. The first-order chi connectivity index (χ1) is 11.7. The number of anilines is 1. The molecular formula is C19H27N3O2S. The quantitative estimate of drug-likeness (QED) is 0.471. The van der Waals surface area contributed by atoms with Crippen molar-refractivity contribution in [1.82, 2.24) is 5.43 Å².